The molecule has 14 heavy (non-hydrogen) atoms. The molecule has 0 aromatic carbocycles. The van der Waals surface area contributed by atoms with Gasteiger partial charge in [0.25, 0.3) is 0 Å². The molecule has 5 nitrogen and oxygen atoms in total. The van der Waals surface area contributed by atoms with Crippen molar-refractivity contribution >= 4 is 15.7 Å². The van der Waals surface area contributed by atoms with Crippen molar-refractivity contribution in [1.29, 1.82) is 0 Å². The van der Waals surface area contributed by atoms with Crippen LogP contribution in [0.25, 0.3) is 0 Å². The molecular weight excluding hydrogens is 204 g/mol. The summed E-state index contributed by atoms with van der Waals surface area (Å²) in [5.41, 5.74) is 5.36. The lowest BCUT2D eigenvalue weighted by atomic mass is 10.2. The highest BCUT2D eigenvalue weighted by atomic mass is 32.2. The third-order valence-electron chi connectivity index (χ3n) is 2.22. The third kappa shape index (κ3) is 3.26. The van der Waals surface area contributed by atoms with Gasteiger partial charge < -0.3 is 11.1 Å². The molecule has 0 radical (unpaired) electrons. The molecule has 3 N–H and O–H groups in total. The fraction of sp³-hybridized carbons (Fsp3) is 0.875. The Balaban J connectivity index is 2.50. The molecule has 0 aromatic rings. The van der Waals surface area contributed by atoms with Crippen LogP contribution in [0, 0.1) is 0 Å². The number of carbonyl (C=O) groups is 1. The highest BCUT2D eigenvalue weighted by molar-refractivity contribution is 7.91. The number of nitrogens with one attached hydrogen (secondary N) is 1. The van der Waals surface area contributed by atoms with E-state index in [0.29, 0.717) is 6.42 Å². The van der Waals surface area contributed by atoms with E-state index >= 15 is 0 Å². The van der Waals surface area contributed by atoms with Crippen molar-refractivity contribution in [1.82, 2.24) is 5.32 Å². The van der Waals surface area contributed by atoms with E-state index in [2.05, 4.69) is 5.32 Å². The minimum absolute atomic E-state index is 0.0471. The fourth-order valence-corrected chi connectivity index (χ4v) is 3.11. The molecule has 1 saturated heterocycles. The van der Waals surface area contributed by atoms with Gasteiger partial charge >= 0.3 is 0 Å². The summed E-state index contributed by atoms with van der Waals surface area (Å²) in [5.74, 6) is -0.00433. The minimum Gasteiger partial charge on any atom is -0.351 e. The van der Waals surface area contributed by atoms with Gasteiger partial charge in [-0.3, -0.25) is 4.79 Å². The van der Waals surface area contributed by atoms with Crippen LogP contribution in [0.1, 0.15) is 19.8 Å². The van der Waals surface area contributed by atoms with Gasteiger partial charge in [0, 0.05) is 6.04 Å². The summed E-state index contributed by atoms with van der Waals surface area (Å²) in [5, 5.41) is 2.63. The van der Waals surface area contributed by atoms with E-state index in [9.17, 15) is 13.2 Å². The first-order valence-electron chi connectivity index (χ1n) is 4.67. The minimum atomic E-state index is -2.96. The first kappa shape index (κ1) is 11.5. The van der Waals surface area contributed by atoms with Crippen molar-refractivity contribution in [2.24, 2.45) is 5.73 Å². The molecule has 1 amide bonds. The highest BCUT2D eigenvalue weighted by Gasteiger charge is 2.26. The molecular formula is C8H16N2O3S. The zero-order valence-corrected chi connectivity index (χ0v) is 9.01. The molecule has 1 rings (SSSR count). The molecule has 82 valence electrons. The van der Waals surface area contributed by atoms with Crippen molar-refractivity contribution in [3.63, 3.8) is 0 Å². The second-order valence-electron chi connectivity index (χ2n) is 3.75. The summed E-state index contributed by atoms with van der Waals surface area (Å²) in [6, 6.07) is -0.841. The largest absolute Gasteiger partial charge is 0.351 e. The maximum Gasteiger partial charge on any atom is 0.236 e. The Bertz CT molecular complexity index is 311. The van der Waals surface area contributed by atoms with E-state index in [-0.39, 0.29) is 23.5 Å². The number of carbonyl (C=O) groups excluding carboxylic acids is 1. The lowest BCUT2D eigenvalue weighted by Gasteiger charge is -2.23. The predicted molar refractivity (Wildman–Crippen MR) is 53.5 cm³/mol. The summed E-state index contributed by atoms with van der Waals surface area (Å²) in [6.07, 6.45) is 1.34. The zero-order valence-electron chi connectivity index (χ0n) is 8.19. The summed E-state index contributed by atoms with van der Waals surface area (Å²) in [7, 11) is -2.96. The molecule has 0 aromatic heterocycles. The van der Waals surface area contributed by atoms with Crippen LogP contribution < -0.4 is 11.1 Å². The standard InChI is InChI=1S/C8H16N2O3S/c1-6(9)8(11)10-7-3-2-4-14(12,13)5-7/h6-7H,2-5,9H2,1H3,(H,10,11)/t6-,7?/m1/s1. The van der Waals surface area contributed by atoms with Crippen molar-refractivity contribution < 1.29 is 13.2 Å². The van der Waals surface area contributed by atoms with Crippen LogP contribution in [-0.4, -0.2) is 37.9 Å². The van der Waals surface area contributed by atoms with E-state index in [0.717, 1.165) is 6.42 Å². The maximum atomic E-state index is 11.2. The van der Waals surface area contributed by atoms with E-state index < -0.39 is 15.9 Å². The number of sulfone groups is 1. The SMILES string of the molecule is C[C@@H](N)C(=O)NC1CCCS(=O)(=O)C1. The van der Waals surface area contributed by atoms with Crippen LogP contribution in [0.4, 0.5) is 0 Å². The second-order valence-corrected chi connectivity index (χ2v) is 5.98. The first-order chi connectivity index (χ1) is 6.41. The van der Waals surface area contributed by atoms with E-state index in [1.807, 2.05) is 0 Å². The number of amides is 1. The van der Waals surface area contributed by atoms with Gasteiger partial charge in [-0.1, -0.05) is 0 Å². The van der Waals surface area contributed by atoms with Crippen molar-refractivity contribution in [2.75, 3.05) is 11.5 Å². The molecule has 0 spiro atoms. The summed E-state index contributed by atoms with van der Waals surface area (Å²) >= 11 is 0. The monoisotopic (exact) mass is 220 g/mol. The average molecular weight is 220 g/mol. The third-order valence-corrected chi connectivity index (χ3v) is 4.04. The Kier molecular flexibility index (Phi) is 3.49. The molecule has 1 unspecified atom stereocenters. The van der Waals surface area contributed by atoms with Gasteiger partial charge in [-0.15, -0.1) is 0 Å². The summed E-state index contributed by atoms with van der Waals surface area (Å²) < 4.78 is 22.5. The Labute approximate surface area is 84.0 Å². The molecule has 2 atom stereocenters. The van der Waals surface area contributed by atoms with E-state index in [1.54, 1.807) is 6.92 Å². The average Bonchev–Trinajstić information content (AvgIpc) is 2.01. The van der Waals surface area contributed by atoms with Gasteiger partial charge in [0.2, 0.25) is 5.91 Å². The molecule has 1 aliphatic heterocycles. The van der Waals surface area contributed by atoms with E-state index in [1.165, 1.54) is 0 Å². The lowest BCUT2D eigenvalue weighted by molar-refractivity contribution is -0.122. The van der Waals surface area contributed by atoms with Crippen LogP contribution in [0.15, 0.2) is 0 Å². The Morgan fingerprint density at radius 1 is 1.57 bits per heavy atom. The van der Waals surface area contributed by atoms with Crippen LogP contribution in [0.3, 0.4) is 0 Å². The van der Waals surface area contributed by atoms with Gasteiger partial charge in [-0.2, -0.15) is 0 Å². The van der Waals surface area contributed by atoms with Crippen LogP contribution >= 0.6 is 0 Å². The molecule has 1 heterocycles. The van der Waals surface area contributed by atoms with Crippen molar-refractivity contribution in [3.8, 4) is 0 Å². The summed E-state index contributed by atoms with van der Waals surface area (Å²) in [6.45, 7) is 1.58. The Morgan fingerprint density at radius 3 is 2.71 bits per heavy atom. The molecule has 1 fully saturated rings. The Hall–Kier alpha value is -0.620. The smallest absolute Gasteiger partial charge is 0.236 e. The molecule has 6 heteroatoms. The maximum absolute atomic E-state index is 11.2. The molecule has 0 bridgehead atoms. The normalized spacial score (nSPS) is 28.0. The van der Waals surface area contributed by atoms with Gasteiger partial charge in [-0.05, 0) is 19.8 Å². The molecule has 0 aliphatic carbocycles. The predicted octanol–water partition coefficient (Wildman–Crippen LogP) is -0.973. The first-order valence-corrected chi connectivity index (χ1v) is 6.49. The van der Waals surface area contributed by atoms with Crippen molar-refractivity contribution in [3.05, 3.63) is 0 Å². The highest BCUT2D eigenvalue weighted by Crippen LogP contribution is 2.11. The van der Waals surface area contributed by atoms with Gasteiger partial charge in [0.05, 0.1) is 17.5 Å². The quantitative estimate of drug-likeness (QED) is 0.626. The van der Waals surface area contributed by atoms with E-state index in [4.69, 9.17) is 5.73 Å². The van der Waals surface area contributed by atoms with Gasteiger partial charge in [-0.25, -0.2) is 8.42 Å². The number of hydrogen-bond donors (Lipinski definition) is 2. The fourth-order valence-electron chi connectivity index (χ4n) is 1.47. The van der Waals surface area contributed by atoms with Crippen LogP contribution in [-0.2, 0) is 14.6 Å². The molecule has 1 aliphatic rings. The van der Waals surface area contributed by atoms with Gasteiger partial charge in [0.15, 0.2) is 9.84 Å². The second kappa shape index (κ2) is 4.27. The Morgan fingerprint density at radius 2 is 2.21 bits per heavy atom. The topological polar surface area (TPSA) is 89.3 Å². The summed E-state index contributed by atoms with van der Waals surface area (Å²) in [4.78, 5) is 11.2. The number of nitrogens with two attached hydrogens (primary N) is 1. The lowest BCUT2D eigenvalue weighted by Crippen LogP contribution is -2.48. The molecule has 0 saturated carbocycles. The van der Waals surface area contributed by atoms with Crippen LogP contribution in [0.2, 0.25) is 0 Å². The van der Waals surface area contributed by atoms with Gasteiger partial charge in [0.1, 0.15) is 0 Å². The zero-order chi connectivity index (χ0) is 10.8. The number of hydrogen-bond acceptors (Lipinski definition) is 4. The number of rotatable bonds is 2. The van der Waals surface area contributed by atoms with Crippen molar-refractivity contribution in [2.45, 2.75) is 31.8 Å². The van der Waals surface area contributed by atoms with Crippen LogP contribution in [0.5, 0.6) is 0 Å².